The van der Waals surface area contributed by atoms with Crippen LogP contribution in [-0.2, 0) is 0 Å². The number of benzene rings is 1. The summed E-state index contributed by atoms with van der Waals surface area (Å²) in [5, 5.41) is 0.752. The Balaban J connectivity index is 1.70. The lowest BCUT2D eigenvalue weighted by Gasteiger charge is -2.35. The molecule has 0 spiro atoms. The normalized spacial score (nSPS) is 17.2. The lowest BCUT2D eigenvalue weighted by molar-refractivity contribution is 0.270. The topological polar surface area (TPSA) is 44.8 Å². The Labute approximate surface area is 200 Å². The molecule has 1 fully saturated rings. The summed E-state index contributed by atoms with van der Waals surface area (Å²) >= 11 is 8.29. The number of halogens is 1. The van der Waals surface area contributed by atoms with Crippen molar-refractivity contribution in [2.75, 3.05) is 19.3 Å². The second-order valence-electron chi connectivity index (χ2n) is 8.18. The van der Waals surface area contributed by atoms with Crippen LogP contribution in [0.4, 0.5) is 0 Å². The van der Waals surface area contributed by atoms with Crippen LogP contribution in [0.25, 0.3) is 12.2 Å². The fourth-order valence-corrected chi connectivity index (χ4v) is 5.19. The first-order valence-corrected chi connectivity index (χ1v) is 12.5. The number of imidazole rings is 1. The highest BCUT2D eigenvalue weighted by Gasteiger charge is 2.30. The van der Waals surface area contributed by atoms with Gasteiger partial charge in [-0.05, 0) is 73.4 Å². The van der Waals surface area contributed by atoms with Gasteiger partial charge < -0.3 is 4.98 Å². The highest BCUT2D eigenvalue weighted by atomic mass is 35.5. The van der Waals surface area contributed by atoms with Crippen molar-refractivity contribution in [2.24, 2.45) is 5.92 Å². The largest absolute Gasteiger partial charge is 0.345 e. The smallest absolute Gasteiger partial charge is 0.0924 e. The highest BCUT2D eigenvalue weighted by molar-refractivity contribution is 7.96. The third-order valence-electron chi connectivity index (χ3n) is 6.05. The van der Waals surface area contributed by atoms with Crippen LogP contribution >= 0.6 is 23.5 Å². The van der Waals surface area contributed by atoms with E-state index in [4.69, 9.17) is 16.6 Å². The van der Waals surface area contributed by atoms with Crippen molar-refractivity contribution in [3.63, 3.8) is 0 Å². The molecule has 1 unspecified atom stereocenters. The number of rotatable bonds is 7. The Hall–Kier alpha value is -2.34. The van der Waals surface area contributed by atoms with Gasteiger partial charge in [-0.3, -0.25) is 9.29 Å². The molecule has 1 saturated heterocycles. The number of aromatic amines is 1. The van der Waals surface area contributed by atoms with E-state index in [1.54, 1.807) is 6.33 Å². The Bertz CT molecular complexity index is 1050. The molecule has 1 N–H and O–H groups in total. The number of allylic oxidation sites excluding steroid dienone is 2. The van der Waals surface area contributed by atoms with Crippen LogP contribution in [0, 0.1) is 5.92 Å². The first kappa shape index (κ1) is 22.8. The highest BCUT2D eigenvalue weighted by Crippen LogP contribution is 2.40. The Morgan fingerprint density at radius 1 is 1.25 bits per heavy atom. The zero-order chi connectivity index (χ0) is 22.3. The Morgan fingerprint density at radius 3 is 2.78 bits per heavy atom. The number of nitrogens with one attached hydrogen (secondary N) is 1. The average Bonchev–Trinajstić information content (AvgIpc) is 3.34. The molecule has 166 valence electrons. The van der Waals surface area contributed by atoms with E-state index in [0.29, 0.717) is 5.92 Å². The molecular formula is C26H29ClN4S. The SMILES string of the molecule is CSN1CCC(C(c2ccccn2)c2ccc(Cl)cc2/C=C(C)/C=C/c2cnc[nH]2)CC1. The van der Waals surface area contributed by atoms with Gasteiger partial charge in [-0.15, -0.1) is 0 Å². The number of H-pyrrole nitrogens is 1. The molecule has 1 atom stereocenters. The Kier molecular flexibility index (Phi) is 7.85. The first-order valence-electron chi connectivity index (χ1n) is 11.0. The molecule has 0 bridgehead atoms. The molecule has 32 heavy (non-hydrogen) atoms. The molecule has 1 aliphatic heterocycles. The number of hydrogen-bond acceptors (Lipinski definition) is 4. The predicted molar refractivity (Wildman–Crippen MR) is 137 cm³/mol. The number of pyridine rings is 1. The summed E-state index contributed by atoms with van der Waals surface area (Å²) in [6.07, 6.45) is 16.3. The fraction of sp³-hybridized carbons (Fsp3) is 0.308. The van der Waals surface area contributed by atoms with E-state index in [2.05, 4.69) is 63.9 Å². The van der Waals surface area contributed by atoms with Crippen molar-refractivity contribution in [1.82, 2.24) is 19.3 Å². The third kappa shape index (κ3) is 5.71. The Morgan fingerprint density at radius 2 is 2.09 bits per heavy atom. The maximum absolute atomic E-state index is 6.45. The van der Waals surface area contributed by atoms with Gasteiger partial charge in [0.1, 0.15) is 0 Å². The van der Waals surface area contributed by atoms with Crippen molar-refractivity contribution < 1.29 is 0 Å². The van der Waals surface area contributed by atoms with Crippen LogP contribution in [0.2, 0.25) is 5.02 Å². The molecule has 0 amide bonds. The van der Waals surface area contributed by atoms with E-state index >= 15 is 0 Å². The lowest BCUT2D eigenvalue weighted by atomic mass is 9.76. The summed E-state index contributed by atoms with van der Waals surface area (Å²) in [5.74, 6) is 0.788. The van der Waals surface area contributed by atoms with Crippen LogP contribution in [0.1, 0.15) is 48.2 Å². The van der Waals surface area contributed by atoms with Gasteiger partial charge in [0.05, 0.1) is 18.2 Å². The van der Waals surface area contributed by atoms with Gasteiger partial charge in [-0.25, -0.2) is 4.98 Å². The van der Waals surface area contributed by atoms with Crippen molar-refractivity contribution in [3.8, 4) is 0 Å². The molecule has 3 heterocycles. The van der Waals surface area contributed by atoms with E-state index in [1.807, 2.05) is 42.6 Å². The number of piperidine rings is 1. The molecule has 0 saturated carbocycles. The summed E-state index contributed by atoms with van der Waals surface area (Å²) in [7, 11) is 0. The summed E-state index contributed by atoms with van der Waals surface area (Å²) < 4.78 is 2.46. The second kappa shape index (κ2) is 11.0. The van der Waals surface area contributed by atoms with Gasteiger partial charge >= 0.3 is 0 Å². The fourth-order valence-electron chi connectivity index (χ4n) is 4.43. The number of nitrogens with zero attached hydrogens (tertiary/aromatic N) is 3. The molecule has 1 aromatic carbocycles. The van der Waals surface area contributed by atoms with Crippen molar-refractivity contribution in [1.29, 1.82) is 0 Å². The van der Waals surface area contributed by atoms with Crippen LogP contribution in [0.15, 0.2) is 66.8 Å². The van der Waals surface area contributed by atoms with Crippen molar-refractivity contribution in [3.05, 3.63) is 94.3 Å². The zero-order valence-corrected chi connectivity index (χ0v) is 20.1. The van der Waals surface area contributed by atoms with Crippen LogP contribution in [-0.4, -0.2) is 38.6 Å². The van der Waals surface area contributed by atoms with Gasteiger partial charge in [0.2, 0.25) is 0 Å². The van der Waals surface area contributed by atoms with Gasteiger partial charge in [0.25, 0.3) is 0 Å². The minimum Gasteiger partial charge on any atom is -0.345 e. The van der Waals surface area contributed by atoms with Crippen molar-refractivity contribution >= 4 is 35.7 Å². The minimum absolute atomic E-state index is 0.244. The molecule has 3 aromatic rings. The summed E-state index contributed by atoms with van der Waals surface area (Å²) in [6, 6.07) is 12.5. The number of aromatic nitrogens is 3. The van der Waals surface area contributed by atoms with E-state index < -0.39 is 0 Å². The van der Waals surface area contributed by atoms with E-state index in [0.717, 1.165) is 53.5 Å². The minimum atomic E-state index is 0.244. The summed E-state index contributed by atoms with van der Waals surface area (Å²) in [4.78, 5) is 12.0. The third-order valence-corrected chi connectivity index (χ3v) is 7.16. The summed E-state index contributed by atoms with van der Waals surface area (Å²) in [6.45, 7) is 4.34. The zero-order valence-electron chi connectivity index (χ0n) is 18.5. The maximum atomic E-state index is 6.45. The molecule has 2 aromatic heterocycles. The summed E-state index contributed by atoms with van der Waals surface area (Å²) in [5.41, 5.74) is 5.73. The standard InChI is InChI=1S/C26H29ClN4S/c1-19(6-8-23-17-28-18-30-23)15-21-16-22(27)7-9-24(21)26(25-5-3-4-12-29-25)20-10-13-31(32-2)14-11-20/h3-9,12,15-18,20,26H,10-11,13-14H2,1-2H3,(H,28,30)/b8-6+,19-15+. The lowest BCUT2D eigenvalue weighted by Crippen LogP contribution is -2.32. The monoisotopic (exact) mass is 464 g/mol. The maximum Gasteiger partial charge on any atom is 0.0924 e. The van der Waals surface area contributed by atoms with Crippen molar-refractivity contribution in [2.45, 2.75) is 25.7 Å². The second-order valence-corrected chi connectivity index (χ2v) is 9.50. The molecule has 4 nitrogen and oxygen atoms in total. The van der Waals surface area contributed by atoms with Gasteiger partial charge in [0, 0.05) is 35.9 Å². The van der Waals surface area contributed by atoms with E-state index in [9.17, 15) is 0 Å². The predicted octanol–water partition coefficient (Wildman–Crippen LogP) is 6.70. The first-order chi connectivity index (χ1) is 15.6. The molecular weight excluding hydrogens is 436 g/mol. The van der Waals surface area contributed by atoms with Gasteiger partial charge in [-0.1, -0.05) is 53.4 Å². The number of hydrogen-bond donors (Lipinski definition) is 1. The molecule has 4 rings (SSSR count). The molecule has 0 aliphatic carbocycles. The molecule has 6 heteroatoms. The van der Waals surface area contributed by atoms with Crippen LogP contribution in [0.3, 0.4) is 0 Å². The quantitative estimate of drug-likeness (QED) is 0.312. The average molecular weight is 465 g/mol. The molecule has 1 aliphatic rings. The van der Waals surface area contributed by atoms with Crippen LogP contribution in [0.5, 0.6) is 0 Å². The van der Waals surface area contributed by atoms with E-state index in [1.165, 1.54) is 5.56 Å². The van der Waals surface area contributed by atoms with Crippen LogP contribution < -0.4 is 0 Å². The van der Waals surface area contributed by atoms with E-state index in [-0.39, 0.29) is 5.92 Å². The van der Waals surface area contributed by atoms with Gasteiger partial charge in [0.15, 0.2) is 0 Å². The van der Waals surface area contributed by atoms with Gasteiger partial charge in [-0.2, -0.15) is 0 Å². The molecule has 0 radical (unpaired) electrons.